The van der Waals surface area contributed by atoms with Crippen molar-refractivity contribution in [2.24, 2.45) is 0 Å². The van der Waals surface area contributed by atoms with E-state index in [-0.39, 0.29) is 22.7 Å². The Kier molecular flexibility index (Phi) is 4.03. The highest BCUT2D eigenvalue weighted by atomic mass is 16.6. The maximum absolute atomic E-state index is 12.1. The van der Waals surface area contributed by atoms with Crippen molar-refractivity contribution >= 4 is 17.3 Å². The summed E-state index contributed by atoms with van der Waals surface area (Å²) in [6.07, 6.45) is 0. The minimum absolute atomic E-state index is 0.0801. The number of carbonyl (C=O) groups excluding carboxylic acids is 1. The van der Waals surface area contributed by atoms with Crippen molar-refractivity contribution in [2.45, 2.75) is 0 Å². The SMILES string of the molecule is COc1ccccc1C(=O)Nc1ccc([N+](=O)[O-])cc1O. The minimum atomic E-state index is -0.633. The Morgan fingerprint density at radius 2 is 2.00 bits per heavy atom. The first-order valence-electron chi connectivity index (χ1n) is 5.94. The van der Waals surface area contributed by atoms with Crippen LogP contribution in [0.5, 0.6) is 11.5 Å². The van der Waals surface area contributed by atoms with E-state index < -0.39 is 10.8 Å². The van der Waals surface area contributed by atoms with Crippen molar-refractivity contribution < 1.29 is 19.6 Å². The number of nitrogens with one attached hydrogen (secondary N) is 1. The molecule has 2 aromatic rings. The molecule has 108 valence electrons. The van der Waals surface area contributed by atoms with Crippen LogP contribution in [0.3, 0.4) is 0 Å². The molecular weight excluding hydrogens is 276 g/mol. The van der Waals surface area contributed by atoms with Gasteiger partial charge in [-0.2, -0.15) is 0 Å². The third kappa shape index (κ3) is 3.08. The number of amides is 1. The molecule has 0 radical (unpaired) electrons. The molecule has 0 fully saturated rings. The van der Waals surface area contributed by atoms with E-state index in [1.54, 1.807) is 24.3 Å². The number of rotatable bonds is 4. The van der Waals surface area contributed by atoms with E-state index in [9.17, 15) is 20.0 Å². The van der Waals surface area contributed by atoms with E-state index in [1.807, 2.05) is 0 Å². The zero-order chi connectivity index (χ0) is 15.4. The Morgan fingerprint density at radius 3 is 2.62 bits per heavy atom. The van der Waals surface area contributed by atoms with Crippen molar-refractivity contribution in [3.05, 3.63) is 58.1 Å². The fourth-order valence-corrected chi connectivity index (χ4v) is 1.76. The molecule has 0 spiro atoms. The smallest absolute Gasteiger partial charge is 0.273 e. The summed E-state index contributed by atoms with van der Waals surface area (Å²) in [6, 6.07) is 10.0. The average Bonchev–Trinajstić information content (AvgIpc) is 2.48. The lowest BCUT2D eigenvalue weighted by Gasteiger charge is -2.10. The predicted octanol–water partition coefficient (Wildman–Crippen LogP) is 2.56. The fourth-order valence-electron chi connectivity index (χ4n) is 1.76. The average molecular weight is 288 g/mol. The molecule has 2 N–H and O–H groups in total. The number of non-ortho nitro benzene ring substituents is 1. The first-order valence-corrected chi connectivity index (χ1v) is 5.94. The van der Waals surface area contributed by atoms with Crippen LogP contribution in [0, 0.1) is 10.1 Å². The summed E-state index contributed by atoms with van der Waals surface area (Å²) in [4.78, 5) is 22.1. The van der Waals surface area contributed by atoms with Crippen LogP contribution in [0.25, 0.3) is 0 Å². The quantitative estimate of drug-likeness (QED) is 0.511. The molecule has 7 nitrogen and oxygen atoms in total. The van der Waals surface area contributed by atoms with Gasteiger partial charge in [0.25, 0.3) is 11.6 Å². The van der Waals surface area contributed by atoms with Crippen LogP contribution < -0.4 is 10.1 Å². The molecule has 2 rings (SSSR count). The molecule has 0 aliphatic rings. The number of methoxy groups -OCH3 is 1. The molecule has 0 unspecified atom stereocenters. The fraction of sp³-hybridized carbons (Fsp3) is 0.0714. The number of phenols is 1. The Bertz CT molecular complexity index is 700. The van der Waals surface area contributed by atoms with Gasteiger partial charge >= 0.3 is 0 Å². The van der Waals surface area contributed by atoms with Crippen LogP contribution in [0.2, 0.25) is 0 Å². The number of para-hydroxylation sites is 1. The number of aromatic hydroxyl groups is 1. The number of nitro benzene ring substituents is 1. The number of anilines is 1. The molecule has 2 aromatic carbocycles. The number of nitro groups is 1. The third-order valence-electron chi connectivity index (χ3n) is 2.79. The van der Waals surface area contributed by atoms with Crippen LogP contribution in [-0.4, -0.2) is 23.0 Å². The van der Waals surface area contributed by atoms with Crippen molar-refractivity contribution in [2.75, 3.05) is 12.4 Å². The van der Waals surface area contributed by atoms with Gasteiger partial charge < -0.3 is 15.2 Å². The van der Waals surface area contributed by atoms with Crippen molar-refractivity contribution in [1.29, 1.82) is 0 Å². The zero-order valence-electron chi connectivity index (χ0n) is 11.1. The van der Waals surface area contributed by atoms with Gasteiger partial charge in [-0.15, -0.1) is 0 Å². The highest BCUT2D eigenvalue weighted by Crippen LogP contribution is 2.29. The number of hydrogen-bond donors (Lipinski definition) is 2. The number of carbonyl (C=O) groups is 1. The molecule has 0 aliphatic heterocycles. The van der Waals surface area contributed by atoms with E-state index in [1.165, 1.54) is 19.2 Å². The standard InChI is InChI=1S/C14H12N2O5/c1-21-13-5-3-2-4-10(13)14(18)15-11-7-6-9(16(19)20)8-12(11)17/h2-8,17H,1H3,(H,15,18). The molecule has 0 saturated heterocycles. The Labute approximate surface area is 119 Å². The Morgan fingerprint density at radius 1 is 1.29 bits per heavy atom. The topological polar surface area (TPSA) is 102 Å². The second-order valence-electron chi connectivity index (χ2n) is 4.11. The number of benzene rings is 2. The van der Waals surface area contributed by atoms with Crippen LogP contribution in [-0.2, 0) is 0 Å². The first kappa shape index (κ1) is 14.3. The van der Waals surface area contributed by atoms with Gasteiger partial charge in [0, 0.05) is 6.07 Å². The van der Waals surface area contributed by atoms with Crippen LogP contribution >= 0.6 is 0 Å². The molecule has 0 aromatic heterocycles. The maximum Gasteiger partial charge on any atom is 0.273 e. The Hall–Kier alpha value is -3.09. The number of hydrogen-bond acceptors (Lipinski definition) is 5. The first-order chi connectivity index (χ1) is 10.0. The normalized spacial score (nSPS) is 9.95. The van der Waals surface area contributed by atoms with Gasteiger partial charge in [0.05, 0.1) is 29.4 Å². The molecule has 21 heavy (non-hydrogen) atoms. The molecule has 0 atom stereocenters. The summed E-state index contributed by atoms with van der Waals surface area (Å²) in [5.41, 5.74) is 0.108. The van der Waals surface area contributed by atoms with Crippen LogP contribution in [0.15, 0.2) is 42.5 Å². The summed E-state index contributed by atoms with van der Waals surface area (Å²) in [7, 11) is 1.44. The maximum atomic E-state index is 12.1. The third-order valence-corrected chi connectivity index (χ3v) is 2.79. The van der Waals surface area contributed by atoms with E-state index >= 15 is 0 Å². The monoisotopic (exact) mass is 288 g/mol. The molecule has 7 heteroatoms. The van der Waals surface area contributed by atoms with Gasteiger partial charge in [-0.3, -0.25) is 14.9 Å². The van der Waals surface area contributed by atoms with Gasteiger partial charge in [-0.05, 0) is 18.2 Å². The summed E-state index contributed by atoms with van der Waals surface area (Å²) in [6.45, 7) is 0. The summed E-state index contributed by atoms with van der Waals surface area (Å²) >= 11 is 0. The second kappa shape index (κ2) is 5.91. The van der Waals surface area contributed by atoms with E-state index in [2.05, 4.69) is 5.32 Å². The summed E-state index contributed by atoms with van der Waals surface area (Å²) < 4.78 is 5.07. The lowest BCUT2D eigenvalue weighted by Crippen LogP contribution is -2.13. The molecule has 0 bridgehead atoms. The lowest BCUT2D eigenvalue weighted by molar-refractivity contribution is -0.384. The van der Waals surface area contributed by atoms with Gasteiger partial charge in [-0.25, -0.2) is 0 Å². The van der Waals surface area contributed by atoms with Crippen molar-refractivity contribution in [1.82, 2.24) is 0 Å². The highest BCUT2D eigenvalue weighted by Gasteiger charge is 2.15. The van der Waals surface area contributed by atoms with Gasteiger partial charge in [0.1, 0.15) is 11.5 Å². The molecular formula is C14H12N2O5. The number of nitrogens with zero attached hydrogens (tertiary/aromatic N) is 1. The van der Waals surface area contributed by atoms with Crippen LogP contribution in [0.4, 0.5) is 11.4 Å². The van der Waals surface area contributed by atoms with E-state index in [0.29, 0.717) is 5.75 Å². The highest BCUT2D eigenvalue weighted by molar-refractivity contribution is 6.06. The van der Waals surface area contributed by atoms with Gasteiger partial charge in [-0.1, -0.05) is 12.1 Å². The minimum Gasteiger partial charge on any atom is -0.506 e. The number of phenolic OH excluding ortho intramolecular Hbond substituents is 1. The van der Waals surface area contributed by atoms with E-state index in [4.69, 9.17) is 4.74 Å². The number of ether oxygens (including phenoxy) is 1. The van der Waals surface area contributed by atoms with E-state index in [0.717, 1.165) is 6.07 Å². The molecule has 0 heterocycles. The predicted molar refractivity (Wildman–Crippen MR) is 75.7 cm³/mol. The van der Waals surface area contributed by atoms with Gasteiger partial charge in [0.2, 0.25) is 0 Å². The van der Waals surface area contributed by atoms with Crippen LogP contribution in [0.1, 0.15) is 10.4 Å². The molecule has 1 amide bonds. The molecule has 0 saturated carbocycles. The molecule has 0 aliphatic carbocycles. The Balaban J connectivity index is 2.26. The van der Waals surface area contributed by atoms with Crippen molar-refractivity contribution in [3.63, 3.8) is 0 Å². The largest absolute Gasteiger partial charge is 0.506 e. The second-order valence-corrected chi connectivity index (χ2v) is 4.11. The van der Waals surface area contributed by atoms with Crippen molar-refractivity contribution in [3.8, 4) is 11.5 Å². The zero-order valence-corrected chi connectivity index (χ0v) is 11.1. The summed E-state index contributed by atoms with van der Waals surface area (Å²) in [5.74, 6) is -0.486. The van der Waals surface area contributed by atoms with Gasteiger partial charge in [0.15, 0.2) is 0 Å². The summed E-state index contributed by atoms with van der Waals surface area (Å²) in [5, 5.41) is 22.8. The lowest BCUT2D eigenvalue weighted by atomic mass is 10.1.